The van der Waals surface area contributed by atoms with Crippen molar-refractivity contribution in [2.45, 2.75) is 366 Å². The normalized spacial score (nSPS) is 12.7. The van der Waals surface area contributed by atoms with Crippen LogP contribution in [0.15, 0.2) is 24.3 Å². The standard InChI is InChI=1S/C65H125NO5/c1-3-5-7-9-11-13-15-17-19-20-21-22-23-24-26-30-33-37-41-45-49-53-57-63(68)62(61-67)66-64(69)58-54-50-46-42-38-34-31-27-25-28-32-36-40-44-48-52-56-60-71-65(70)59-55-51-47-43-39-35-29-18-16-14-12-10-8-6-4-2/h25,28,53,57,62-63,67-68H,3-24,26-27,29-52,54-56,58-61H2,1-2H3,(H,66,69)/b28-25-,57-53+. The molecule has 420 valence electrons. The lowest BCUT2D eigenvalue weighted by Crippen LogP contribution is -2.45. The van der Waals surface area contributed by atoms with Gasteiger partial charge in [-0.15, -0.1) is 0 Å². The largest absolute Gasteiger partial charge is 0.466 e. The topological polar surface area (TPSA) is 95.9 Å². The molecule has 0 aliphatic rings. The van der Waals surface area contributed by atoms with Crippen LogP contribution in [-0.4, -0.2) is 47.4 Å². The van der Waals surface area contributed by atoms with Crippen LogP contribution in [0.2, 0.25) is 0 Å². The number of aliphatic hydroxyl groups is 2. The van der Waals surface area contributed by atoms with E-state index in [4.69, 9.17) is 4.74 Å². The van der Waals surface area contributed by atoms with E-state index in [9.17, 15) is 19.8 Å². The molecule has 0 aromatic heterocycles. The first-order valence-corrected chi connectivity index (χ1v) is 32.1. The Labute approximate surface area is 443 Å². The minimum absolute atomic E-state index is 0.000842. The number of rotatable bonds is 60. The maximum Gasteiger partial charge on any atom is 0.305 e. The Balaban J connectivity index is 3.47. The van der Waals surface area contributed by atoms with Crippen molar-refractivity contribution in [3.63, 3.8) is 0 Å². The van der Waals surface area contributed by atoms with Crippen LogP contribution in [0.4, 0.5) is 0 Å². The van der Waals surface area contributed by atoms with Crippen molar-refractivity contribution in [1.82, 2.24) is 5.32 Å². The molecule has 0 aromatic carbocycles. The van der Waals surface area contributed by atoms with Crippen LogP contribution in [0, 0.1) is 0 Å². The molecule has 1 amide bonds. The molecule has 0 rings (SSSR count). The Bertz CT molecular complexity index is 1110. The third-order valence-corrected chi connectivity index (χ3v) is 15.0. The third kappa shape index (κ3) is 57.5. The lowest BCUT2D eigenvalue weighted by Gasteiger charge is -2.20. The van der Waals surface area contributed by atoms with Gasteiger partial charge in [0, 0.05) is 12.8 Å². The smallest absolute Gasteiger partial charge is 0.305 e. The Morgan fingerprint density at radius 1 is 0.380 bits per heavy atom. The zero-order chi connectivity index (χ0) is 51.4. The van der Waals surface area contributed by atoms with Crippen molar-refractivity contribution in [3.05, 3.63) is 24.3 Å². The number of unbranched alkanes of at least 4 members (excludes halogenated alkanes) is 47. The van der Waals surface area contributed by atoms with Gasteiger partial charge in [0.15, 0.2) is 0 Å². The summed E-state index contributed by atoms with van der Waals surface area (Å²) in [5.74, 6) is -0.0756. The zero-order valence-corrected chi connectivity index (χ0v) is 48.0. The number of allylic oxidation sites excluding steroid dienone is 3. The number of ether oxygens (including phenoxy) is 1. The summed E-state index contributed by atoms with van der Waals surface area (Å²) in [5, 5.41) is 23.2. The number of hydrogen-bond donors (Lipinski definition) is 3. The number of nitrogens with one attached hydrogen (secondary N) is 1. The van der Waals surface area contributed by atoms with Crippen LogP contribution >= 0.6 is 0 Å². The highest BCUT2D eigenvalue weighted by atomic mass is 16.5. The summed E-state index contributed by atoms with van der Waals surface area (Å²) < 4.78 is 5.48. The molecular weight excluding hydrogens is 875 g/mol. The molecule has 2 unspecified atom stereocenters. The van der Waals surface area contributed by atoms with Gasteiger partial charge >= 0.3 is 5.97 Å². The summed E-state index contributed by atoms with van der Waals surface area (Å²) in [5.41, 5.74) is 0. The van der Waals surface area contributed by atoms with Crippen LogP contribution in [0.3, 0.4) is 0 Å². The monoisotopic (exact) mass is 1000 g/mol. The van der Waals surface area contributed by atoms with Gasteiger partial charge in [0.25, 0.3) is 0 Å². The molecule has 0 saturated heterocycles. The van der Waals surface area contributed by atoms with E-state index in [1.54, 1.807) is 6.08 Å². The Kier molecular flexibility index (Phi) is 59.5. The molecule has 0 saturated carbocycles. The molecule has 71 heavy (non-hydrogen) atoms. The number of carbonyl (C=O) groups is 2. The van der Waals surface area contributed by atoms with Gasteiger partial charge in [-0.1, -0.05) is 308 Å². The number of aliphatic hydroxyl groups excluding tert-OH is 2. The quantitative estimate of drug-likeness (QED) is 0.0320. The van der Waals surface area contributed by atoms with Crippen molar-refractivity contribution in [2.75, 3.05) is 13.2 Å². The lowest BCUT2D eigenvalue weighted by atomic mass is 10.0. The average Bonchev–Trinajstić information content (AvgIpc) is 3.37. The predicted octanol–water partition coefficient (Wildman–Crippen LogP) is 20.2. The highest BCUT2D eigenvalue weighted by Gasteiger charge is 2.18. The first-order valence-electron chi connectivity index (χ1n) is 32.1. The van der Waals surface area contributed by atoms with Gasteiger partial charge < -0.3 is 20.3 Å². The Morgan fingerprint density at radius 3 is 1.00 bits per heavy atom. The summed E-state index contributed by atoms with van der Waals surface area (Å²) in [6.45, 7) is 4.91. The molecule has 0 aromatic rings. The van der Waals surface area contributed by atoms with Crippen molar-refractivity contribution in [2.24, 2.45) is 0 Å². The maximum atomic E-state index is 12.5. The second-order valence-electron chi connectivity index (χ2n) is 22.1. The number of amides is 1. The van der Waals surface area contributed by atoms with E-state index >= 15 is 0 Å². The lowest BCUT2D eigenvalue weighted by molar-refractivity contribution is -0.143. The fraction of sp³-hybridized carbons (Fsp3) is 0.908. The molecule has 6 nitrogen and oxygen atoms in total. The number of esters is 1. The van der Waals surface area contributed by atoms with Gasteiger partial charge in [-0.25, -0.2) is 0 Å². The van der Waals surface area contributed by atoms with E-state index in [0.29, 0.717) is 19.4 Å². The second-order valence-corrected chi connectivity index (χ2v) is 22.1. The Hall–Kier alpha value is -1.66. The van der Waals surface area contributed by atoms with Crippen molar-refractivity contribution in [1.29, 1.82) is 0 Å². The van der Waals surface area contributed by atoms with Crippen LogP contribution < -0.4 is 5.32 Å². The van der Waals surface area contributed by atoms with Gasteiger partial charge in [0.1, 0.15) is 0 Å². The molecule has 0 heterocycles. The van der Waals surface area contributed by atoms with Gasteiger partial charge in [-0.2, -0.15) is 0 Å². The third-order valence-electron chi connectivity index (χ3n) is 15.0. The zero-order valence-electron chi connectivity index (χ0n) is 48.0. The first kappa shape index (κ1) is 69.3. The highest BCUT2D eigenvalue weighted by molar-refractivity contribution is 5.76. The second kappa shape index (κ2) is 60.9. The van der Waals surface area contributed by atoms with Crippen molar-refractivity contribution in [3.8, 4) is 0 Å². The van der Waals surface area contributed by atoms with Gasteiger partial charge in [0.2, 0.25) is 5.91 Å². The molecule has 0 aliphatic carbocycles. The Morgan fingerprint density at radius 2 is 0.662 bits per heavy atom. The fourth-order valence-corrected chi connectivity index (χ4v) is 10.0. The van der Waals surface area contributed by atoms with Crippen molar-refractivity contribution < 1.29 is 24.5 Å². The van der Waals surface area contributed by atoms with Crippen LogP contribution in [0.1, 0.15) is 354 Å². The molecule has 0 spiro atoms. The SMILES string of the molecule is CCCCCCCCCCCCCCCCCCCCCC/C=C/C(O)C(CO)NC(=O)CCCCCCCCC/C=C\CCCCCCCCOC(=O)CCCCCCCCCCCCCCCCC. The van der Waals surface area contributed by atoms with Crippen LogP contribution in [-0.2, 0) is 14.3 Å². The molecule has 6 heteroatoms. The summed E-state index contributed by atoms with van der Waals surface area (Å²) in [6, 6.07) is -0.638. The van der Waals surface area contributed by atoms with Crippen LogP contribution in [0.25, 0.3) is 0 Å². The number of hydrogen-bond acceptors (Lipinski definition) is 5. The molecule has 2 atom stereocenters. The van der Waals surface area contributed by atoms with E-state index in [1.165, 1.54) is 270 Å². The molecular formula is C65H125NO5. The van der Waals surface area contributed by atoms with E-state index in [2.05, 4.69) is 31.3 Å². The predicted molar refractivity (Wildman–Crippen MR) is 310 cm³/mol. The van der Waals surface area contributed by atoms with Gasteiger partial charge in [-0.3, -0.25) is 9.59 Å². The van der Waals surface area contributed by atoms with E-state index in [0.717, 1.165) is 57.8 Å². The molecule has 0 fully saturated rings. The van der Waals surface area contributed by atoms with Gasteiger partial charge in [-0.05, 0) is 57.8 Å². The molecule has 3 N–H and O–H groups in total. The summed E-state index contributed by atoms with van der Waals surface area (Å²) in [6.07, 6.45) is 75.0. The average molecular weight is 1000 g/mol. The summed E-state index contributed by atoms with van der Waals surface area (Å²) >= 11 is 0. The fourth-order valence-electron chi connectivity index (χ4n) is 10.0. The van der Waals surface area contributed by atoms with Gasteiger partial charge in [0.05, 0.1) is 25.4 Å². The van der Waals surface area contributed by atoms with Crippen molar-refractivity contribution >= 4 is 11.9 Å². The van der Waals surface area contributed by atoms with Crippen LogP contribution in [0.5, 0.6) is 0 Å². The molecule has 0 aliphatic heterocycles. The summed E-state index contributed by atoms with van der Waals surface area (Å²) in [4.78, 5) is 24.6. The first-order chi connectivity index (χ1) is 35.0. The highest BCUT2D eigenvalue weighted by Crippen LogP contribution is 2.18. The van der Waals surface area contributed by atoms with E-state index in [1.807, 2.05) is 6.08 Å². The minimum Gasteiger partial charge on any atom is -0.466 e. The maximum absolute atomic E-state index is 12.5. The number of carbonyl (C=O) groups excluding carboxylic acids is 2. The van der Waals surface area contributed by atoms with E-state index in [-0.39, 0.29) is 18.5 Å². The molecule has 0 bridgehead atoms. The molecule has 0 radical (unpaired) electrons. The minimum atomic E-state index is -0.853. The van der Waals surface area contributed by atoms with E-state index < -0.39 is 12.1 Å². The summed E-state index contributed by atoms with van der Waals surface area (Å²) in [7, 11) is 0.